The van der Waals surface area contributed by atoms with Crippen LogP contribution in [0, 0.1) is 5.82 Å². The zero-order chi connectivity index (χ0) is 17.4. The average Bonchev–Trinajstić information content (AvgIpc) is 2.98. The Hall–Kier alpha value is -2.25. The van der Waals surface area contributed by atoms with Gasteiger partial charge in [-0.2, -0.15) is 0 Å². The second kappa shape index (κ2) is 6.57. The molecule has 0 N–H and O–H groups in total. The van der Waals surface area contributed by atoms with Crippen molar-refractivity contribution in [3.05, 3.63) is 52.4 Å². The Balaban J connectivity index is 1.52. The number of thiophene rings is 1. The van der Waals surface area contributed by atoms with Crippen LogP contribution in [0.25, 0.3) is 10.1 Å². The Bertz CT molecular complexity index is 925. The van der Waals surface area contributed by atoms with Gasteiger partial charge in [-0.15, -0.1) is 11.3 Å². The van der Waals surface area contributed by atoms with Crippen LogP contribution < -0.4 is 4.90 Å². The van der Waals surface area contributed by atoms with Gasteiger partial charge >= 0.3 is 0 Å². The molecule has 128 valence electrons. The minimum Gasteiger partial charge on any atom is -0.337 e. The molecule has 1 fully saturated rings. The van der Waals surface area contributed by atoms with Crippen LogP contribution in [0.15, 0.2) is 36.7 Å². The van der Waals surface area contributed by atoms with Crippen LogP contribution in [0.1, 0.15) is 9.67 Å². The number of hydrogen-bond acceptors (Lipinski definition) is 5. The highest BCUT2D eigenvalue weighted by molar-refractivity contribution is 7.21. The predicted molar refractivity (Wildman–Crippen MR) is 96.9 cm³/mol. The van der Waals surface area contributed by atoms with E-state index in [1.807, 2.05) is 4.90 Å². The van der Waals surface area contributed by atoms with Crippen molar-refractivity contribution in [1.82, 2.24) is 14.9 Å². The van der Waals surface area contributed by atoms with Crippen molar-refractivity contribution >= 4 is 44.9 Å². The summed E-state index contributed by atoms with van der Waals surface area (Å²) in [7, 11) is 0. The summed E-state index contributed by atoms with van der Waals surface area (Å²) in [5.74, 6) is 0.228. The van der Waals surface area contributed by atoms with Gasteiger partial charge in [-0.3, -0.25) is 4.79 Å². The highest BCUT2D eigenvalue weighted by Crippen LogP contribution is 2.36. The minimum atomic E-state index is -0.333. The van der Waals surface area contributed by atoms with Gasteiger partial charge in [0.2, 0.25) is 5.95 Å². The van der Waals surface area contributed by atoms with Gasteiger partial charge in [-0.05, 0) is 24.3 Å². The molecule has 3 heterocycles. The van der Waals surface area contributed by atoms with E-state index in [2.05, 4.69) is 9.97 Å². The van der Waals surface area contributed by atoms with Crippen molar-refractivity contribution < 1.29 is 9.18 Å². The maximum Gasteiger partial charge on any atom is 0.265 e. The van der Waals surface area contributed by atoms with Crippen molar-refractivity contribution in [2.24, 2.45) is 0 Å². The first-order valence-corrected chi connectivity index (χ1v) is 9.02. The smallest absolute Gasteiger partial charge is 0.265 e. The fourth-order valence-corrected chi connectivity index (χ4v) is 4.39. The van der Waals surface area contributed by atoms with Crippen LogP contribution in [0.2, 0.25) is 5.02 Å². The van der Waals surface area contributed by atoms with E-state index in [4.69, 9.17) is 11.6 Å². The summed E-state index contributed by atoms with van der Waals surface area (Å²) in [6, 6.07) is 6.15. The molecule has 0 unspecified atom stereocenters. The number of hydrogen-bond donors (Lipinski definition) is 0. The molecule has 8 heteroatoms. The lowest BCUT2D eigenvalue weighted by atomic mass is 10.2. The first-order valence-electron chi connectivity index (χ1n) is 7.82. The van der Waals surface area contributed by atoms with Crippen molar-refractivity contribution in [1.29, 1.82) is 0 Å². The third-order valence-corrected chi connectivity index (χ3v) is 5.83. The lowest BCUT2D eigenvalue weighted by Gasteiger charge is -2.34. The average molecular weight is 377 g/mol. The maximum absolute atomic E-state index is 13.4. The van der Waals surface area contributed by atoms with E-state index in [9.17, 15) is 9.18 Å². The number of carbonyl (C=O) groups excluding carboxylic acids is 1. The van der Waals surface area contributed by atoms with Gasteiger partial charge in [0.25, 0.3) is 5.91 Å². The molecule has 0 radical (unpaired) electrons. The van der Waals surface area contributed by atoms with E-state index in [0.717, 1.165) is 0 Å². The number of halogens is 2. The molecule has 3 aromatic rings. The zero-order valence-corrected chi connectivity index (χ0v) is 14.7. The first-order chi connectivity index (χ1) is 12.1. The molecule has 1 aliphatic rings. The first kappa shape index (κ1) is 16.2. The third kappa shape index (κ3) is 3.05. The molecular formula is C17H14ClFN4OS. The number of aromatic nitrogens is 2. The SMILES string of the molecule is O=C(c1sc2cc(F)ccc2c1Cl)N1CCN(c2ncccn2)CC1. The second-order valence-corrected chi connectivity index (χ2v) is 7.14. The number of carbonyl (C=O) groups is 1. The van der Waals surface area contributed by atoms with Gasteiger partial charge in [0.15, 0.2) is 0 Å². The van der Waals surface area contributed by atoms with Crippen molar-refractivity contribution in [2.45, 2.75) is 0 Å². The number of nitrogens with zero attached hydrogens (tertiary/aromatic N) is 4. The quantitative estimate of drug-likeness (QED) is 0.687. The molecule has 2 aromatic heterocycles. The molecule has 0 aliphatic carbocycles. The number of amides is 1. The Labute approximate surface area is 152 Å². The van der Waals surface area contributed by atoms with Crippen LogP contribution in [-0.2, 0) is 0 Å². The van der Waals surface area contributed by atoms with Crippen LogP contribution in [0.3, 0.4) is 0 Å². The van der Waals surface area contributed by atoms with E-state index in [1.54, 1.807) is 29.4 Å². The molecule has 1 aromatic carbocycles. The lowest BCUT2D eigenvalue weighted by Crippen LogP contribution is -2.49. The fourth-order valence-electron chi connectivity index (χ4n) is 2.88. The summed E-state index contributed by atoms with van der Waals surface area (Å²) in [5.41, 5.74) is 0. The van der Waals surface area contributed by atoms with Gasteiger partial charge < -0.3 is 9.80 Å². The lowest BCUT2D eigenvalue weighted by molar-refractivity contribution is 0.0751. The van der Waals surface area contributed by atoms with Crippen molar-refractivity contribution in [3.63, 3.8) is 0 Å². The van der Waals surface area contributed by atoms with Gasteiger partial charge in [0.1, 0.15) is 10.7 Å². The molecule has 5 nitrogen and oxygen atoms in total. The van der Waals surface area contributed by atoms with E-state index in [0.29, 0.717) is 52.1 Å². The maximum atomic E-state index is 13.4. The zero-order valence-electron chi connectivity index (χ0n) is 13.2. The van der Waals surface area contributed by atoms with E-state index < -0.39 is 0 Å². The number of piperazine rings is 1. The summed E-state index contributed by atoms with van der Waals surface area (Å²) in [4.78, 5) is 25.6. The van der Waals surface area contributed by atoms with E-state index in [1.165, 1.54) is 23.5 Å². The van der Waals surface area contributed by atoms with Gasteiger partial charge in [-0.1, -0.05) is 11.6 Å². The Kier molecular flexibility index (Phi) is 4.27. The van der Waals surface area contributed by atoms with Gasteiger partial charge in [-0.25, -0.2) is 14.4 Å². The highest BCUT2D eigenvalue weighted by Gasteiger charge is 2.26. The van der Waals surface area contributed by atoms with Crippen molar-refractivity contribution in [2.75, 3.05) is 31.1 Å². The molecule has 0 saturated carbocycles. The molecule has 0 spiro atoms. The molecule has 1 amide bonds. The number of fused-ring (bicyclic) bond motifs is 1. The summed E-state index contributed by atoms with van der Waals surface area (Å²) in [5, 5.41) is 1.12. The minimum absolute atomic E-state index is 0.111. The number of anilines is 1. The van der Waals surface area contributed by atoms with E-state index in [-0.39, 0.29) is 11.7 Å². The summed E-state index contributed by atoms with van der Waals surface area (Å²) < 4.78 is 14.1. The summed E-state index contributed by atoms with van der Waals surface area (Å²) in [6.07, 6.45) is 3.41. The van der Waals surface area contributed by atoms with E-state index >= 15 is 0 Å². The fraction of sp³-hybridized carbons (Fsp3) is 0.235. The van der Waals surface area contributed by atoms with Crippen LogP contribution in [0.4, 0.5) is 10.3 Å². The van der Waals surface area contributed by atoms with Gasteiger partial charge in [0, 0.05) is 48.7 Å². The molecule has 0 bridgehead atoms. The standard InChI is InChI=1S/C17H14ClFN4OS/c18-14-12-3-2-11(19)10-13(12)25-15(14)16(24)22-6-8-23(9-7-22)17-20-4-1-5-21-17/h1-5,10H,6-9H2. The second-order valence-electron chi connectivity index (χ2n) is 5.71. The summed E-state index contributed by atoms with van der Waals surface area (Å²) in [6.45, 7) is 2.45. The van der Waals surface area contributed by atoms with Crippen LogP contribution in [-0.4, -0.2) is 47.0 Å². The Morgan fingerprint density at radius 1 is 1.16 bits per heavy atom. The Morgan fingerprint density at radius 2 is 1.88 bits per heavy atom. The monoisotopic (exact) mass is 376 g/mol. The molecule has 1 saturated heterocycles. The van der Waals surface area contributed by atoms with Crippen LogP contribution in [0.5, 0.6) is 0 Å². The highest BCUT2D eigenvalue weighted by atomic mass is 35.5. The van der Waals surface area contributed by atoms with Crippen LogP contribution >= 0.6 is 22.9 Å². The topological polar surface area (TPSA) is 49.3 Å². The number of rotatable bonds is 2. The third-order valence-electron chi connectivity index (χ3n) is 4.19. The van der Waals surface area contributed by atoms with Crippen molar-refractivity contribution in [3.8, 4) is 0 Å². The normalized spacial score (nSPS) is 15.0. The largest absolute Gasteiger partial charge is 0.337 e. The molecular weight excluding hydrogens is 363 g/mol. The molecule has 1 aliphatic heterocycles. The summed E-state index contributed by atoms with van der Waals surface area (Å²) >= 11 is 7.59. The van der Waals surface area contributed by atoms with Gasteiger partial charge in [0.05, 0.1) is 5.02 Å². The molecule has 25 heavy (non-hydrogen) atoms. The number of benzene rings is 1. The molecule has 0 atom stereocenters. The molecule has 4 rings (SSSR count). The Morgan fingerprint density at radius 3 is 2.60 bits per heavy atom. The predicted octanol–water partition coefficient (Wildman–Crippen LogP) is 3.45.